The molecular formula is C21H18F3NO3. The van der Waals surface area contributed by atoms with Gasteiger partial charge in [-0.15, -0.1) is 0 Å². The van der Waals surface area contributed by atoms with Crippen LogP contribution in [0.4, 0.5) is 18.9 Å². The highest BCUT2D eigenvalue weighted by molar-refractivity contribution is 5.95. The lowest BCUT2D eigenvalue weighted by molar-refractivity contribution is -0.138. The molecule has 1 aliphatic heterocycles. The van der Waals surface area contributed by atoms with Gasteiger partial charge in [-0.2, -0.15) is 13.2 Å². The number of anilines is 1. The predicted molar refractivity (Wildman–Crippen MR) is 96.0 cm³/mol. The van der Waals surface area contributed by atoms with Crippen LogP contribution in [0, 0.1) is 5.92 Å². The molecule has 4 rings (SSSR count). The number of amides is 1. The number of carbonyl (C=O) groups is 2. The number of esters is 1. The van der Waals surface area contributed by atoms with Crippen molar-refractivity contribution in [3.8, 4) is 5.75 Å². The number of nitrogens with zero attached hydrogens (tertiary/aromatic N) is 1. The van der Waals surface area contributed by atoms with E-state index in [-0.39, 0.29) is 17.7 Å². The fraction of sp³-hybridized carbons (Fsp3) is 0.333. The molecule has 1 amide bonds. The summed E-state index contributed by atoms with van der Waals surface area (Å²) in [6.07, 6.45) is -2.43. The number of benzene rings is 2. The molecule has 0 radical (unpaired) electrons. The molecule has 146 valence electrons. The van der Waals surface area contributed by atoms with E-state index in [9.17, 15) is 22.8 Å². The van der Waals surface area contributed by atoms with Crippen molar-refractivity contribution in [2.24, 2.45) is 5.92 Å². The summed E-state index contributed by atoms with van der Waals surface area (Å²) in [7, 11) is 0. The molecule has 2 atom stereocenters. The molecule has 0 N–H and O–H groups in total. The maximum atomic E-state index is 12.6. The quantitative estimate of drug-likeness (QED) is 0.570. The van der Waals surface area contributed by atoms with Crippen LogP contribution in [0.15, 0.2) is 48.5 Å². The maximum Gasteiger partial charge on any atom is 0.416 e. The van der Waals surface area contributed by atoms with E-state index in [4.69, 9.17) is 4.74 Å². The number of hydrogen-bond acceptors (Lipinski definition) is 3. The van der Waals surface area contributed by atoms with Crippen LogP contribution < -0.4 is 9.64 Å². The molecule has 1 saturated carbocycles. The molecule has 0 spiro atoms. The largest absolute Gasteiger partial charge is 0.426 e. The van der Waals surface area contributed by atoms with E-state index < -0.39 is 17.7 Å². The van der Waals surface area contributed by atoms with Gasteiger partial charge in [-0.05, 0) is 60.7 Å². The van der Waals surface area contributed by atoms with Crippen LogP contribution in [0.3, 0.4) is 0 Å². The number of ether oxygens (including phenoxy) is 1. The first-order valence-corrected chi connectivity index (χ1v) is 9.12. The van der Waals surface area contributed by atoms with E-state index in [2.05, 4.69) is 0 Å². The van der Waals surface area contributed by atoms with E-state index in [0.717, 1.165) is 24.2 Å². The van der Waals surface area contributed by atoms with Crippen molar-refractivity contribution in [3.63, 3.8) is 0 Å². The smallest absolute Gasteiger partial charge is 0.416 e. The molecule has 2 aliphatic rings. The lowest BCUT2D eigenvalue weighted by atomic mass is 10.1. The van der Waals surface area contributed by atoms with Gasteiger partial charge in [0.1, 0.15) is 5.75 Å². The zero-order valence-electron chi connectivity index (χ0n) is 14.9. The zero-order valence-corrected chi connectivity index (χ0v) is 14.9. The summed E-state index contributed by atoms with van der Waals surface area (Å²) in [6, 6.07) is 11.7. The van der Waals surface area contributed by atoms with Crippen molar-refractivity contribution in [1.82, 2.24) is 0 Å². The Balaban J connectivity index is 1.35. The Morgan fingerprint density at radius 1 is 1.04 bits per heavy atom. The Bertz CT molecular complexity index is 891. The van der Waals surface area contributed by atoms with Crippen LogP contribution in [0.5, 0.6) is 5.75 Å². The Morgan fingerprint density at radius 2 is 1.71 bits per heavy atom. The van der Waals surface area contributed by atoms with Gasteiger partial charge in [0.15, 0.2) is 0 Å². The first-order chi connectivity index (χ1) is 13.3. The summed E-state index contributed by atoms with van der Waals surface area (Å²) in [4.78, 5) is 25.8. The van der Waals surface area contributed by atoms with Crippen LogP contribution >= 0.6 is 0 Å². The summed E-state index contributed by atoms with van der Waals surface area (Å²) >= 11 is 0. The van der Waals surface area contributed by atoms with Gasteiger partial charge in [-0.1, -0.05) is 12.1 Å². The summed E-state index contributed by atoms with van der Waals surface area (Å²) in [5.74, 6) is -0.386. The van der Waals surface area contributed by atoms with Gasteiger partial charge in [-0.3, -0.25) is 9.59 Å². The second-order valence-corrected chi connectivity index (χ2v) is 7.13. The molecule has 0 bridgehead atoms. The van der Waals surface area contributed by atoms with Crippen molar-refractivity contribution >= 4 is 17.6 Å². The molecule has 2 aromatic rings. The minimum atomic E-state index is -4.37. The Labute approximate surface area is 159 Å². The van der Waals surface area contributed by atoms with Crippen molar-refractivity contribution in [1.29, 1.82) is 0 Å². The fourth-order valence-corrected chi connectivity index (χ4v) is 3.55. The zero-order chi connectivity index (χ0) is 19.9. The summed E-state index contributed by atoms with van der Waals surface area (Å²) in [5, 5.41) is 0. The summed E-state index contributed by atoms with van der Waals surface area (Å²) in [6.45, 7) is 0.689. The lowest BCUT2D eigenvalue weighted by Crippen LogP contribution is -2.23. The van der Waals surface area contributed by atoms with Crippen molar-refractivity contribution in [2.45, 2.75) is 31.4 Å². The van der Waals surface area contributed by atoms with Gasteiger partial charge in [-0.25, -0.2) is 0 Å². The van der Waals surface area contributed by atoms with Crippen LogP contribution in [-0.4, -0.2) is 18.4 Å². The monoisotopic (exact) mass is 389 g/mol. The van der Waals surface area contributed by atoms with Gasteiger partial charge in [0.2, 0.25) is 5.91 Å². The topological polar surface area (TPSA) is 46.6 Å². The molecule has 4 nitrogen and oxygen atoms in total. The molecular weight excluding hydrogens is 371 g/mol. The average molecular weight is 389 g/mol. The molecule has 1 aliphatic carbocycles. The van der Waals surface area contributed by atoms with Crippen molar-refractivity contribution in [3.05, 3.63) is 59.7 Å². The number of carbonyl (C=O) groups excluding carboxylic acids is 2. The third-order valence-electron chi connectivity index (χ3n) is 5.20. The Kier molecular flexibility index (Phi) is 4.61. The third-order valence-corrected chi connectivity index (χ3v) is 5.20. The summed E-state index contributed by atoms with van der Waals surface area (Å²) < 4.78 is 43.3. The van der Waals surface area contributed by atoms with Gasteiger partial charge < -0.3 is 9.64 Å². The van der Waals surface area contributed by atoms with Gasteiger partial charge in [0.25, 0.3) is 0 Å². The highest BCUT2D eigenvalue weighted by atomic mass is 19.4. The van der Waals surface area contributed by atoms with E-state index in [1.807, 2.05) is 0 Å². The predicted octanol–water partition coefficient (Wildman–Crippen LogP) is 4.54. The van der Waals surface area contributed by atoms with Crippen LogP contribution in [0.1, 0.15) is 36.3 Å². The molecule has 0 aromatic heterocycles. The van der Waals surface area contributed by atoms with Crippen LogP contribution in [0.2, 0.25) is 0 Å². The Hall–Kier alpha value is -2.83. The van der Waals surface area contributed by atoms with Crippen LogP contribution in [0.25, 0.3) is 0 Å². The molecule has 2 aromatic carbocycles. The molecule has 2 unspecified atom stereocenters. The number of rotatable bonds is 4. The molecule has 2 fully saturated rings. The van der Waals surface area contributed by atoms with Crippen molar-refractivity contribution < 1.29 is 27.5 Å². The van der Waals surface area contributed by atoms with Gasteiger partial charge >= 0.3 is 12.1 Å². The first kappa shape index (κ1) is 18.5. The number of alkyl halides is 3. The van der Waals surface area contributed by atoms with E-state index in [0.29, 0.717) is 30.7 Å². The lowest BCUT2D eigenvalue weighted by Gasteiger charge is -2.15. The number of halogens is 3. The first-order valence-electron chi connectivity index (χ1n) is 9.12. The second-order valence-electron chi connectivity index (χ2n) is 7.13. The molecule has 1 saturated heterocycles. The SMILES string of the molecule is O=C(Oc1ccc(N2CCCC2=O)cc1)C1CC1c1ccc(C(F)(F)F)cc1. The molecule has 1 heterocycles. The minimum absolute atomic E-state index is 0.0853. The fourth-order valence-electron chi connectivity index (χ4n) is 3.55. The average Bonchev–Trinajstić information content (AvgIpc) is 3.36. The maximum absolute atomic E-state index is 12.6. The Morgan fingerprint density at radius 3 is 2.29 bits per heavy atom. The highest BCUT2D eigenvalue weighted by Crippen LogP contribution is 2.48. The second kappa shape index (κ2) is 6.96. The summed E-state index contributed by atoms with van der Waals surface area (Å²) in [5.41, 5.74) is 0.779. The normalized spacial score (nSPS) is 21.7. The molecule has 28 heavy (non-hydrogen) atoms. The minimum Gasteiger partial charge on any atom is -0.426 e. The van der Waals surface area contributed by atoms with Crippen molar-refractivity contribution in [2.75, 3.05) is 11.4 Å². The van der Waals surface area contributed by atoms with E-state index in [1.54, 1.807) is 29.2 Å². The van der Waals surface area contributed by atoms with Crippen LogP contribution in [-0.2, 0) is 15.8 Å². The highest BCUT2D eigenvalue weighted by Gasteiger charge is 2.45. The standard InChI is InChI=1S/C21H18F3NO3/c22-21(23,24)14-5-3-13(4-6-14)17-12-18(17)20(27)28-16-9-7-15(8-10-16)25-11-1-2-19(25)26/h3-10,17-18H,1-2,11-12H2. The molecule has 7 heteroatoms. The van der Waals surface area contributed by atoms with E-state index in [1.165, 1.54) is 12.1 Å². The van der Waals surface area contributed by atoms with Gasteiger partial charge in [0, 0.05) is 18.7 Å². The van der Waals surface area contributed by atoms with Gasteiger partial charge in [0.05, 0.1) is 11.5 Å². The number of hydrogen-bond donors (Lipinski definition) is 0. The van der Waals surface area contributed by atoms with E-state index >= 15 is 0 Å². The third kappa shape index (κ3) is 3.74.